The van der Waals surface area contributed by atoms with E-state index in [1.165, 1.54) is 31.4 Å². The van der Waals surface area contributed by atoms with Gasteiger partial charge < -0.3 is 9.47 Å². The van der Waals surface area contributed by atoms with Crippen LogP contribution in [0.15, 0.2) is 45.3 Å². The van der Waals surface area contributed by atoms with Gasteiger partial charge in [0.2, 0.25) is 0 Å². The third-order valence-corrected chi connectivity index (χ3v) is 4.58. The molecule has 0 heterocycles. The van der Waals surface area contributed by atoms with Gasteiger partial charge in [0.15, 0.2) is 6.61 Å². The summed E-state index contributed by atoms with van der Waals surface area (Å²) in [5, 5.41) is 20.2. The summed E-state index contributed by atoms with van der Waals surface area (Å²) in [6.45, 7) is -0.241. The number of nitro benzene ring substituents is 1. The Morgan fingerprint density at radius 2 is 1.85 bits per heavy atom. The highest BCUT2D eigenvalue weighted by Gasteiger charge is 2.12. The minimum atomic E-state index is -0.511. The minimum Gasteiger partial charge on any atom is -0.480 e. The van der Waals surface area contributed by atoms with Crippen LogP contribution in [0.4, 0.5) is 5.69 Å². The molecule has 0 N–H and O–H groups in total. The van der Waals surface area contributed by atoms with Crippen molar-refractivity contribution in [1.82, 2.24) is 0 Å². The van der Waals surface area contributed by atoms with Crippen molar-refractivity contribution in [2.75, 3.05) is 13.7 Å². The Balaban J connectivity index is 2.32. The molecule has 0 atom stereocenters. The van der Waals surface area contributed by atoms with E-state index >= 15 is 0 Å². The summed E-state index contributed by atoms with van der Waals surface area (Å²) in [5.74, 6) is -0.0888. The highest BCUT2D eigenvalue weighted by molar-refractivity contribution is 9.11. The van der Waals surface area contributed by atoms with E-state index in [9.17, 15) is 20.2 Å². The minimum absolute atomic E-state index is 0.0476. The lowest BCUT2D eigenvalue weighted by atomic mass is 10.0. The first-order valence-electron chi connectivity index (χ1n) is 7.41. The van der Waals surface area contributed by atoms with E-state index in [2.05, 4.69) is 42.7 Å². The number of benzene rings is 2. The molecule has 7 nitrogen and oxygen atoms in total. The molecule has 0 saturated carbocycles. The summed E-state index contributed by atoms with van der Waals surface area (Å²) in [7, 11) is 1.27. The Kier molecular flexibility index (Phi) is 7.10. The highest BCUT2D eigenvalue weighted by Crippen LogP contribution is 2.36. The molecule has 0 fully saturated rings. The number of nitriles is 1. The van der Waals surface area contributed by atoms with Gasteiger partial charge in [0.1, 0.15) is 5.75 Å². The Morgan fingerprint density at radius 3 is 2.33 bits per heavy atom. The van der Waals surface area contributed by atoms with E-state index in [-0.39, 0.29) is 12.3 Å². The van der Waals surface area contributed by atoms with Crippen molar-refractivity contribution in [2.45, 2.75) is 0 Å². The SMILES string of the molecule is COC(=O)COc1c(Br)cc(/C=C(/C#N)c2ccc([N+](=O)[O-])cc2)cc1Br. The first-order chi connectivity index (χ1) is 12.8. The molecule has 27 heavy (non-hydrogen) atoms. The molecule has 0 aliphatic heterocycles. The Hall–Kier alpha value is -2.70. The molecule has 138 valence electrons. The molecule has 0 unspecified atom stereocenters. The van der Waals surface area contributed by atoms with Gasteiger partial charge in [0, 0.05) is 12.1 Å². The first kappa shape index (κ1) is 20.6. The molecule has 2 aromatic rings. The third-order valence-electron chi connectivity index (χ3n) is 3.40. The van der Waals surface area contributed by atoms with Crippen LogP contribution in [0.3, 0.4) is 0 Å². The molecule has 0 aliphatic carbocycles. The zero-order chi connectivity index (χ0) is 20.0. The quantitative estimate of drug-likeness (QED) is 0.188. The highest BCUT2D eigenvalue weighted by atomic mass is 79.9. The number of esters is 1. The Morgan fingerprint density at radius 1 is 1.26 bits per heavy atom. The third kappa shape index (κ3) is 5.39. The van der Waals surface area contributed by atoms with E-state index in [0.717, 1.165) is 0 Å². The number of carbonyl (C=O) groups is 1. The Labute approximate surface area is 171 Å². The number of ether oxygens (including phenoxy) is 2. The van der Waals surface area contributed by atoms with Crippen molar-refractivity contribution >= 4 is 55.2 Å². The molecule has 2 rings (SSSR count). The summed E-state index contributed by atoms with van der Waals surface area (Å²) in [6.07, 6.45) is 1.64. The summed E-state index contributed by atoms with van der Waals surface area (Å²) in [6, 6.07) is 11.3. The average Bonchev–Trinajstić information content (AvgIpc) is 2.65. The predicted molar refractivity (Wildman–Crippen MR) is 106 cm³/mol. The fourth-order valence-corrected chi connectivity index (χ4v) is 3.55. The molecule has 0 amide bonds. The summed E-state index contributed by atoms with van der Waals surface area (Å²) < 4.78 is 11.1. The number of nitrogens with zero attached hydrogens (tertiary/aromatic N) is 2. The van der Waals surface area contributed by atoms with Gasteiger partial charge in [-0.2, -0.15) is 5.26 Å². The number of methoxy groups -OCH3 is 1. The van der Waals surface area contributed by atoms with Gasteiger partial charge in [-0.3, -0.25) is 10.1 Å². The first-order valence-corrected chi connectivity index (χ1v) is 8.99. The molecule has 0 saturated heterocycles. The molecular formula is C18H12Br2N2O5. The van der Waals surface area contributed by atoms with Crippen LogP contribution >= 0.6 is 31.9 Å². The van der Waals surface area contributed by atoms with Crippen molar-refractivity contribution in [3.63, 3.8) is 0 Å². The maximum atomic E-state index is 11.2. The standard InChI is InChI=1S/C18H12Br2N2O5/c1-26-17(23)10-27-18-15(19)7-11(8-16(18)20)6-13(9-21)12-2-4-14(5-3-12)22(24)25/h2-8H,10H2,1H3/b13-6-. The molecular weight excluding hydrogens is 484 g/mol. The molecule has 0 aromatic heterocycles. The Bertz CT molecular complexity index is 926. The predicted octanol–water partition coefficient (Wildman–Crippen LogP) is 4.74. The van der Waals surface area contributed by atoms with Crippen molar-refractivity contribution in [3.8, 4) is 11.8 Å². The molecule has 0 spiro atoms. The number of non-ortho nitro benzene ring substituents is 1. The van der Waals surface area contributed by atoms with Gasteiger partial charge in [-0.25, -0.2) is 4.79 Å². The van der Waals surface area contributed by atoms with E-state index in [4.69, 9.17) is 4.74 Å². The van der Waals surface area contributed by atoms with Gasteiger partial charge in [0.25, 0.3) is 5.69 Å². The smallest absolute Gasteiger partial charge is 0.343 e. The van der Waals surface area contributed by atoms with Crippen LogP contribution < -0.4 is 4.74 Å². The zero-order valence-corrected chi connectivity index (χ0v) is 17.1. The van der Waals surface area contributed by atoms with Gasteiger partial charge in [-0.15, -0.1) is 0 Å². The second-order valence-corrected chi connectivity index (χ2v) is 6.86. The maximum absolute atomic E-state index is 11.2. The fraction of sp³-hybridized carbons (Fsp3) is 0.111. The van der Waals surface area contributed by atoms with Crippen LogP contribution in [-0.4, -0.2) is 24.6 Å². The number of halogens is 2. The van der Waals surface area contributed by atoms with Crippen LogP contribution in [0.1, 0.15) is 11.1 Å². The zero-order valence-electron chi connectivity index (χ0n) is 13.9. The molecule has 9 heteroatoms. The number of carbonyl (C=O) groups excluding carboxylic acids is 1. The van der Waals surface area contributed by atoms with Crippen LogP contribution in [-0.2, 0) is 9.53 Å². The fourth-order valence-electron chi connectivity index (χ4n) is 2.10. The van der Waals surface area contributed by atoms with Crippen LogP contribution in [0.2, 0.25) is 0 Å². The lowest BCUT2D eigenvalue weighted by molar-refractivity contribution is -0.384. The number of hydrogen-bond donors (Lipinski definition) is 0. The van der Waals surface area contributed by atoms with Crippen molar-refractivity contribution < 1.29 is 19.2 Å². The monoisotopic (exact) mass is 494 g/mol. The lowest BCUT2D eigenvalue weighted by Gasteiger charge is -2.10. The van der Waals surface area contributed by atoms with E-state index in [1.54, 1.807) is 18.2 Å². The van der Waals surface area contributed by atoms with Crippen LogP contribution in [0.25, 0.3) is 11.6 Å². The summed E-state index contributed by atoms with van der Waals surface area (Å²) >= 11 is 6.74. The second-order valence-electron chi connectivity index (χ2n) is 5.15. The number of rotatable bonds is 6. The van der Waals surface area contributed by atoms with Crippen LogP contribution in [0, 0.1) is 21.4 Å². The number of nitro groups is 1. The second kappa shape index (κ2) is 9.30. The number of hydrogen-bond acceptors (Lipinski definition) is 6. The lowest BCUT2D eigenvalue weighted by Crippen LogP contribution is -2.13. The topological polar surface area (TPSA) is 102 Å². The normalized spacial score (nSPS) is 10.8. The van der Waals surface area contributed by atoms with E-state index < -0.39 is 10.9 Å². The van der Waals surface area contributed by atoms with Gasteiger partial charge in [-0.1, -0.05) is 0 Å². The van der Waals surface area contributed by atoms with Gasteiger partial charge in [0.05, 0.1) is 32.6 Å². The molecule has 0 aliphatic rings. The van der Waals surface area contributed by atoms with Crippen molar-refractivity contribution in [2.24, 2.45) is 0 Å². The number of allylic oxidation sites excluding steroid dienone is 1. The van der Waals surface area contributed by atoms with E-state index in [0.29, 0.717) is 31.4 Å². The average molecular weight is 496 g/mol. The summed E-state index contributed by atoms with van der Waals surface area (Å²) in [4.78, 5) is 21.5. The van der Waals surface area contributed by atoms with Gasteiger partial charge in [-0.05, 0) is 73.3 Å². The molecule has 0 bridgehead atoms. The van der Waals surface area contributed by atoms with E-state index in [1.807, 2.05) is 0 Å². The van der Waals surface area contributed by atoms with Crippen molar-refractivity contribution in [1.29, 1.82) is 5.26 Å². The van der Waals surface area contributed by atoms with Crippen molar-refractivity contribution in [3.05, 3.63) is 66.6 Å². The maximum Gasteiger partial charge on any atom is 0.343 e. The summed E-state index contributed by atoms with van der Waals surface area (Å²) in [5.41, 5.74) is 1.54. The molecule has 2 aromatic carbocycles. The van der Waals surface area contributed by atoms with Gasteiger partial charge >= 0.3 is 5.97 Å². The molecule has 0 radical (unpaired) electrons. The van der Waals surface area contributed by atoms with Crippen LogP contribution in [0.5, 0.6) is 5.75 Å². The largest absolute Gasteiger partial charge is 0.480 e.